The third kappa shape index (κ3) is 5.17. The van der Waals surface area contributed by atoms with Gasteiger partial charge in [-0.2, -0.15) is 0 Å². The van der Waals surface area contributed by atoms with Crippen molar-refractivity contribution in [3.8, 4) is 5.75 Å². The average molecular weight is 279 g/mol. The fraction of sp³-hybridized carbons (Fsp3) is 0.429. The van der Waals surface area contributed by atoms with Crippen LogP contribution in [-0.2, 0) is 4.79 Å². The number of primary amides is 1. The number of nitrogen functional groups attached to an aromatic ring is 1. The van der Waals surface area contributed by atoms with Gasteiger partial charge in [-0.15, -0.1) is 0 Å². The minimum atomic E-state index is -0.583. The van der Waals surface area contributed by atoms with Crippen LogP contribution in [0.4, 0.5) is 5.69 Å². The van der Waals surface area contributed by atoms with Crippen molar-refractivity contribution >= 4 is 17.5 Å². The van der Waals surface area contributed by atoms with Crippen LogP contribution in [0, 0.1) is 5.92 Å². The zero-order valence-electron chi connectivity index (χ0n) is 11.8. The first kappa shape index (κ1) is 15.8. The van der Waals surface area contributed by atoms with E-state index >= 15 is 0 Å². The summed E-state index contributed by atoms with van der Waals surface area (Å²) >= 11 is 0. The van der Waals surface area contributed by atoms with Gasteiger partial charge in [-0.1, -0.05) is 13.8 Å². The summed E-state index contributed by atoms with van der Waals surface area (Å²) in [6.07, 6.45) is 0.918. The summed E-state index contributed by atoms with van der Waals surface area (Å²) in [4.78, 5) is 22.5. The van der Waals surface area contributed by atoms with E-state index in [1.54, 1.807) is 12.1 Å². The maximum Gasteiger partial charge on any atom is 0.255 e. The van der Waals surface area contributed by atoms with Gasteiger partial charge in [-0.05, 0) is 30.5 Å². The Balaban J connectivity index is 2.61. The Morgan fingerprint density at radius 3 is 2.60 bits per heavy atom. The average Bonchev–Trinajstić information content (AvgIpc) is 2.36. The third-order valence-corrected chi connectivity index (χ3v) is 2.65. The zero-order valence-corrected chi connectivity index (χ0v) is 11.8. The highest BCUT2D eigenvalue weighted by atomic mass is 16.5. The van der Waals surface area contributed by atoms with Gasteiger partial charge in [0.2, 0.25) is 0 Å². The Kier molecular flexibility index (Phi) is 5.83. The van der Waals surface area contributed by atoms with Gasteiger partial charge < -0.3 is 21.5 Å². The summed E-state index contributed by atoms with van der Waals surface area (Å²) in [5.74, 6) is 0.103. The number of nitrogens with two attached hydrogens (primary N) is 2. The van der Waals surface area contributed by atoms with E-state index in [2.05, 4.69) is 19.2 Å². The molecule has 0 atom stereocenters. The molecule has 5 N–H and O–H groups in total. The van der Waals surface area contributed by atoms with Crippen molar-refractivity contribution in [3.05, 3.63) is 23.8 Å². The van der Waals surface area contributed by atoms with Crippen LogP contribution in [-0.4, -0.2) is 25.0 Å². The Morgan fingerprint density at radius 1 is 1.35 bits per heavy atom. The molecule has 0 bridgehead atoms. The van der Waals surface area contributed by atoms with Crippen molar-refractivity contribution in [2.45, 2.75) is 20.3 Å². The molecule has 0 saturated carbocycles. The molecule has 0 aromatic heterocycles. The van der Waals surface area contributed by atoms with E-state index in [-0.39, 0.29) is 12.5 Å². The number of hydrogen-bond donors (Lipinski definition) is 3. The molecule has 1 aromatic rings. The number of amides is 2. The maximum absolute atomic E-state index is 11.9. The first-order valence-electron chi connectivity index (χ1n) is 6.49. The molecule has 0 saturated heterocycles. The largest absolute Gasteiger partial charge is 0.482 e. The van der Waals surface area contributed by atoms with E-state index in [1.807, 2.05) is 0 Å². The first-order chi connectivity index (χ1) is 9.40. The van der Waals surface area contributed by atoms with Crippen LogP contribution in [0.2, 0.25) is 0 Å². The molecule has 0 aliphatic carbocycles. The molecule has 0 fully saturated rings. The highest BCUT2D eigenvalue weighted by Crippen LogP contribution is 2.22. The van der Waals surface area contributed by atoms with E-state index in [0.717, 1.165) is 6.42 Å². The van der Waals surface area contributed by atoms with Gasteiger partial charge in [-0.3, -0.25) is 9.59 Å². The Labute approximate surface area is 118 Å². The molecule has 2 amide bonds. The summed E-state index contributed by atoms with van der Waals surface area (Å²) < 4.78 is 5.11. The number of rotatable bonds is 7. The monoisotopic (exact) mass is 279 g/mol. The number of nitrogens with one attached hydrogen (secondary N) is 1. The summed E-state index contributed by atoms with van der Waals surface area (Å²) in [5.41, 5.74) is 11.5. The first-order valence-corrected chi connectivity index (χ1v) is 6.49. The maximum atomic E-state index is 11.9. The summed E-state index contributed by atoms with van der Waals surface area (Å²) in [7, 11) is 0. The highest BCUT2D eigenvalue weighted by Gasteiger charge is 2.09. The van der Waals surface area contributed by atoms with E-state index < -0.39 is 5.91 Å². The molecule has 0 unspecified atom stereocenters. The molecular weight excluding hydrogens is 258 g/mol. The molecule has 0 aliphatic heterocycles. The van der Waals surface area contributed by atoms with Gasteiger partial charge in [0.15, 0.2) is 6.61 Å². The molecule has 20 heavy (non-hydrogen) atoms. The van der Waals surface area contributed by atoms with Crippen LogP contribution in [0.1, 0.15) is 30.6 Å². The Morgan fingerprint density at radius 2 is 2.05 bits per heavy atom. The molecule has 0 aliphatic rings. The molecule has 110 valence electrons. The van der Waals surface area contributed by atoms with Crippen molar-refractivity contribution < 1.29 is 14.3 Å². The minimum absolute atomic E-state index is 0.182. The number of hydrogen-bond acceptors (Lipinski definition) is 4. The molecule has 1 rings (SSSR count). The Bertz CT molecular complexity index is 487. The second-order valence-corrected chi connectivity index (χ2v) is 4.95. The molecule has 6 heteroatoms. The predicted molar refractivity (Wildman–Crippen MR) is 77.3 cm³/mol. The van der Waals surface area contributed by atoms with Crippen molar-refractivity contribution in [2.24, 2.45) is 11.7 Å². The summed E-state index contributed by atoms with van der Waals surface area (Å²) in [6.45, 7) is 4.56. The van der Waals surface area contributed by atoms with Gasteiger partial charge in [0.1, 0.15) is 5.75 Å². The van der Waals surface area contributed by atoms with E-state index in [1.165, 1.54) is 6.07 Å². The van der Waals surface area contributed by atoms with Gasteiger partial charge >= 0.3 is 0 Å². The fourth-order valence-corrected chi connectivity index (χ4v) is 1.55. The van der Waals surface area contributed by atoms with Gasteiger partial charge in [0.05, 0.1) is 5.69 Å². The highest BCUT2D eigenvalue weighted by molar-refractivity contribution is 5.95. The third-order valence-electron chi connectivity index (χ3n) is 2.65. The van der Waals surface area contributed by atoms with Gasteiger partial charge in [0.25, 0.3) is 11.8 Å². The fourth-order valence-electron chi connectivity index (χ4n) is 1.55. The van der Waals surface area contributed by atoms with Crippen molar-refractivity contribution in [1.82, 2.24) is 5.32 Å². The standard InChI is InChI=1S/C14H21N3O3/c1-9(2)5-6-17-14(19)10-3-4-12(11(15)7-10)20-8-13(16)18/h3-4,7,9H,5-6,8,15H2,1-2H3,(H2,16,18)(H,17,19). The zero-order chi connectivity index (χ0) is 15.1. The van der Waals surface area contributed by atoms with Crippen LogP contribution < -0.4 is 21.5 Å². The van der Waals surface area contributed by atoms with Gasteiger partial charge in [-0.25, -0.2) is 0 Å². The molecule has 0 spiro atoms. The van der Waals surface area contributed by atoms with Crippen LogP contribution in [0.15, 0.2) is 18.2 Å². The Hall–Kier alpha value is -2.24. The molecule has 6 nitrogen and oxygen atoms in total. The summed E-state index contributed by atoms with van der Waals surface area (Å²) in [6, 6.07) is 4.66. The molecule has 0 heterocycles. The van der Waals surface area contributed by atoms with Crippen LogP contribution in [0.25, 0.3) is 0 Å². The lowest BCUT2D eigenvalue weighted by Gasteiger charge is -2.10. The molecule has 0 radical (unpaired) electrons. The number of carbonyl (C=O) groups excluding carboxylic acids is 2. The second-order valence-electron chi connectivity index (χ2n) is 4.95. The van der Waals surface area contributed by atoms with Crippen molar-refractivity contribution in [2.75, 3.05) is 18.9 Å². The number of ether oxygens (including phenoxy) is 1. The predicted octanol–water partition coefficient (Wildman–Crippen LogP) is 0.909. The van der Waals surface area contributed by atoms with Gasteiger partial charge in [0, 0.05) is 12.1 Å². The van der Waals surface area contributed by atoms with Crippen LogP contribution in [0.5, 0.6) is 5.75 Å². The lowest BCUT2D eigenvalue weighted by atomic mass is 10.1. The summed E-state index contributed by atoms with van der Waals surface area (Å²) in [5, 5.41) is 2.82. The van der Waals surface area contributed by atoms with E-state index in [9.17, 15) is 9.59 Å². The quantitative estimate of drug-likeness (QED) is 0.645. The van der Waals surface area contributed by atoms with E-state index in [4.69, 9.17) is 16.2 Å². The minimum Gasteiger partial charge on any atom is -0.482 e. The van der Waals surface area contributed by atoms with Crippen molar-refractivity contribution in [1.29, 1.82) is 0 Å². The second kappa shape index (κ2) is 7.37. The normalized spacial score (nSPS) is 10.3. The topological polar surface area (TPSA) is 107 Å². The lowest BCUT2D eigenvalue weighted by molar-refractivity contribution is -0.119. The molecule has 1 aromatic carbocycles. The number of anilines is 1. The van der Waals surface area contributed by atoms with E-state index in [0.29, 0.717) is 29.5 Å². The SMILES string of the molecule is CC(C)CCNC(=O)c1ccc(OCC(N)=O)c(N)c1. The number of carbonyl (C=O) groups is 2. The molecular formula is C14H21N3O3. The van der Waals surface area contributed by atoms with Crippen molar-refractivity contribution in [3.63, 3.8) is 0 Å². The lowest BCUT2D eigenvalue weighted by Crippen LogP contribution is -2.25. The van der Waals surface area contributed by atoms with Crippen LogP contribution >= 0.6 is 0 Å². The number of benzene rings is 1. The van der Waals surface area contributed by atoms with Crippen LogP contribution in [0.3, 0.4) is 0 Å². The smallest absolute Gasteiger partial charge is 0.255 e.